The van der Waals surface area contributed by atoms with E-state index in [0.29, 0.717) is 18.7 Å². The van der Waals surface area contributed by atoms with Crippen molar-refractivity contribution >= 4 is 29.3 Å². The number of rotatable bonds is 9. The molecule has 0 heterocycles. The van der Waals surface area contributed by atoms with Crippen LogP contribution in [0.25, 0.3) is 0 Å². The summed E-state index contributed by atoms with van der Waals surface area (Å²) in [7, 11) is 0. The average Bonchev–Trinajstić information content (AvgIpc) is 2.78. The third-order valence-electron chi connectivity index (χ3n) is 4.50. The number of hydrogen-bond acceptors (Lipinski definition) is 4. The fraction of sp³-hybridized carbons (Fsp3) is 0.200. The molecule has 0 aromatic heterocycles. The Morgan fingerprint density at radius 1 is 0.871 bits per heavy atom. The Hall–Kier alpha value is -3.25. The fourth-order valence-corrected chi connectivity index (χ4v) is 3.67. The summed E-state index contributed by atoms with van der Waals surface area (Å²) in [5.74, 6) is 0.690. The van der Waals surface area contributed by atoms with E-state index in [1.807, 2.05) is 80.6 Å². The Morgan fingerprint density at radius 2 is 1.52 bits per heavy atom. The number of ether oxygens (including phenoxy) is 1. The summed E-state index contributed by atoms with van der Waals surface area (Å²) in [5, 5.41) is 5.75. The van der Waals surface area contributed by atoms with Gasteiger partial charge >= 0.3 is 0 Å². The minimum absolute atomic E-state index is 0.115. The average molecular weight is 435 g/mol. The van der Waals surface area contributed by atoms with Crippen molar-refractivity contribution in [3.05, 3.63) is 89.5 Å². The standard InChI is InChI=1S/C25H26N2O3S/c1-18-7-11-20(12-8-18)27-24(28)17-31-23-6-4-3-5-22(23)25(29)26-15-16-30-21-13-9-19(2)10-14-21/h3-14H,15-17H2,1-2H3,(H,26,29)(H,27,28). The molecule has 0 fully saturated rings. The van der Waals surface area contributed by atoms with Crippen LogP contribution in [0.3, 0.4) is 0 Å². The first-order valence-corrected chi connectivity index (χ1v) is 11.1. The maximum absolute atomic E-state index is 12.6. The minimum Gasteiger partial charge on any atom is -0.492 e. The Balaban J connectivity index is 1.48. The molecule has 3 rings (SSSR count). The van der Waals surface area contributed by atoms with E-state index in [-0.39, 0.29) is 17.6 Å². The smallest absolute Gasteiger partial charge is 0.252 e. The van der Waals surface area contributed by atoms with E-state index in [4.69, 9.17) is 4.74 Å². The number of carbonyl (C=O) groups is 2. The van der Waals surface area contributed by atoms with Gasteiger partial charge in [-0.2, -0.15) is 0 Å². The lowest BCUT2D eigenvalue weighted by molar-refractivity contribution is -0.113. The van der Waals surface area contributed by atoms with Crippen molar-refractivity contribution in [1.82, 2.24) is 5.32 Å². The number of amides is 2. The van der Waals surface area contributed by atoms with Gasteiger partial charge in [0.05, 0.1) is 17.9 Å². The molecule has 0 bridgehead atoms. The summed E-state index contributed by atoms with van der Waals surface area (Å²) in [5.41, 5.74) is 3.61. The molecule has 0 radical (unpaired) electrons. The molecule has 0 aliphatic heterocycles. The largest absolute Gasteiger partial charge is 0.492 e. The zero-order valence-corrected chi connectivity index (χ0v) is 18.5. The van der Waals surface area contributed by atoms with Crippen molar-refractivity contribution in [2.24, 2.45) is 0 Å². The van der Waals surface area contributed by atoms with Gasteiger partial charge < -0.3 is 15.4 Å². The van der Waals surface area contributed by atoms with Crippen LogP contribution >= 0.6 is 11.8 Å². The molecule has 160 valence electrons. The van der Waals surface area contributed by atoms with Gasteiger partial charge in [-0.15, -0.1) is 11.8 Å². The third kappa shape index (κ3) is 7.19. The molecule has 0 saturated heterocycles. The Morgan fingerprint density at radius 3 is 2.23 bits per heavy atom. The van der Waals surface area contributed by atoms with Gasteiger partial charge in [0, 0.05) is 10.6 Å². The van der Waals surface area contributed by atoms with E-state index in [2.05, 4.69) is 10.6 Å². The lowest BCUT2D eigenvalue weighted by Crippen LogP contribution is -2.28. The first-order chi connectivity index (χ1) is 15.0. The molecule has 0 aliphatic rings. The van der Waals surface area contributed by atoms with Crippen LogP contribution < -0.4 is 15.4 Å². The van der Waals surface area contributed by atoms with Gasteiger partial charge in [-0.1, -0.05) is 47.5 Å². The molecule has 0 aliphatic carbocycles. The van der Waals surface area contributed by atoms with Crippen molar-refractivity contribution in [2.75, 3.05) is 24.2 Å². The Kier molecular flexibility index (Phi) is 8.12. The monoisotopic (exact) mass is 434 g/mol. The van der Waals surface area contributed by atoms with Gasteiger partial charge in [0.1, 0.15) is 12.4 Å². The number of benzene rings is 3. The summed E-state index contributed by atoms with van der Waals surface area (Å²) < 4.78 is 5.65. The lowest BCUT2D eigenvalue weighted by Gasteiger charge is -2.11. The van der Waals surface area contributed by atoms with Gasteiger partial charge in [0.25, 0.3) is 5.91 Å². The zero-order chi connectivity index (χ0) is 22.1. The van der Waals surface area contributed by atoms with Gasteiger partial charge in [0.15, 0.2) is 0 Å². The highest BCUT2D eigenvalue weighted by Gasteiger charge is 2.12. The van der Waals surface area contributed by atoms with E-state index in [9.17, 15) is 9.59 Å². The molecule has 3 aromatic rings. The molecule has 3 aromatic carbocycles. The maximum Gasteiger partial charge on any atom is 0.252 e. The van der Waals surface area contributed by atoms with Gasteiger partial charge in [-0.25, -0.2) is 0 Å². The number of aryl methyl sites for hydroxylation is 2. The highest BCUT2D eigenvalue weighted by Crippen LogP contribution is 2.23. The van der Waals surface area contributed by atoms with E-state index >= 15 is 0 Å². The normalized spacial score (nSPS) is 10.4. The number of thioether (sulfide) groups is 1. The highest BCUT2D eigenvalue weighted by molar-refractivity contribution is 8.00. The molecule has 2 amide bonds. The second-order valence-corrected chi connectivity index (χ2v) is 8.13. The zero-order valence-electron chi connectivity index (χ0n) is 17.7. The van der Waals surface area contributed by atoms with Crippen molar-refractivity contribution in [2.45, 2.75) is 18.7 Å². The van der Waals surface area contributed by atoms with E-state index in [1.54, 1.807) is 6.07 Å². The fourth-order valence-electron chi connectivity index (χ4n) is 2.82. The maximum atomic E-state index is 12.6. The number of nitrogens with one attached hydrogen (secondary N) is 2. The van der Waals surface area contributed by atoms with Crippen LogP contribution in [0.15, 0.2) is 77.7 Å². The Labute approximate surface area is 187 Å². The SMILES string of the molecule is Cc1ccc(NC(=O)CSc2ccccc2C(=O)NCCOc2ccc(C)cc2)cc1. The summed E-state index contributed by atoms with van der Waals surface area (Å²) in [6.07, 6.45) is 0. The summed E-state index contributed by atoms with van der Waals surface area (Å²) in [6, 6.07) is 22.7. The molecule has 6 heteroatoms. The first-order valence-electron chi connectivity index (χ1n) is 10.1. The third-order valence-corrected chi connectivity index (χ3v) is 5.58. The van der Waals surface area contributed by atoms with Crippen LogP contribution in [-0.4, -0.2) is 30.7 Å². The molecular formula is C25H26N2O3S. The van der Waals surface area contributed by atoms with Crippen LogP contribution in [0.1, 0.15) is 21.5 Å². The molecule has 5 nitrogen and oxygen atoms in total. The Bertz CT molecular complexity index is 1020. The first kappa shape index (κ1) is 22.4. The predicted octanol–water partition coefficient (Wildman–Crippen LogP) is 4.84. The summed E-state index contributed by atoms with van der Waals surface area (Å²) in [4.78, 5) is 25.6. The topological polar surface area (TPSA) is 67.4 Å². The number of anilines is 1. The second kappa shape index (κ2) is 11.2. The molecule has 0 saturated carbocycles. The minimum atomic E-state index is -0.186. The van der Waals surface area contributed by atoms with Gasteiger partial charge in [-0.3, -0.25) is 9.59 Å². The molecule has 31 heavy (non-hydrogen) atoms. The van der Waals surface area contributed by atoms with E-state index in [1.165, 1.54) is 17.3 Å². The van der Waals surface area contributed by atoms with Crippen molar-refractivity contribution in [3.63, 3.8) is 0 Å². The number of hydrogen-bond donors (Lipinski definition) is 2. The summed E-state index contributed by atoms with van der Waals surface area (Å²) in [6.45, 7) is 4.78. The van der Waals surface area contributed by atoms with Crippen molar-refractivity contribution in [3.8, 4) is 5.75 Å². The quantitative estimate of drug-likeness (QED) is 0.373. The molecular weight excluding hydrogens is 408 g/mol. The molecule has 0 unspecified atom stereocenters. The molecule has 0 spiro atoms. The summed E-state index contributed by atoms with van der Waals surface area (Å²) >= 11 is 1.34. The van der Waals surface area contributed by atoms with E-state index in [0.717, 1.165) is 21.9 Å². The predicted molar refractivity (Wildman–Crippen MR) is 126 cm³/mol. The van der Waals surface area contributed by atoms with Crippen LogP contribution in [-0.2, 0) is 4.79 Å². The van der Waals surface area contributed by atoms with Gasteiger partial charge in [0.2, 0.25) is 5.91 Å². The van der Waals surface area contributed by atoms with Crippen molar-refractivity contribution in [1.29, 1.82) is 0 Å². The van der Waals surface area contributed by atoms with Gasteiger partial charge in [-0.05, 0) is 50.2 Å². The lowest BCUT2D eigenvalue weighted by atomic mass is 10.2. The van der Waals surface area contributed by atoms with Crippen LogP contribution in [0, 0.1) is 13.8 Å². The molecule has 0 atom stereocenters. The van der Waals surface area contributed by atoms with Crippen LogP contribution in [0.5, 0.6) is 5.75 Å². The van der Waals surface area contributed by atoms with Crippen LogP contribution in [0.2, 0.25) is 0 Å². The molecule has 2 N–H and O–H groups in total. The van der Waals surface area contributed by atoms with Crippen LogP contribution in [0.4, 0.5) is 5.69 Å². The number of carbonyl (C=O) groups excluding carboxylic acids is 2. The highest BCUT2D eigenvalue weighted by atomic mass is 32.2. The second-order valence-electron chi connectivity index (χ2n) is 7.12. The van der Waals surface area contributed by atoms with Crippen molar-refractivity contribution < 1.29 is 14.3 Å². The van der Waals surface area contributed by atoms with E-state index < -0.39 is 0 Å².